The fourth-order valence-electron chi connectivity index (χ4n) is 2.50. The summed E-state index contributed by atoms with van der Waals surface area (Å²) in [7, 11) is 0. The van der Waals surface area contributed by atoms with Gasteiger partial charge < -0.3 is 10.1 Å². The molecule has 0 spiro atoms. The standard InChI is InChI=1S/C24H23N3O3/c1-17(2)23(28)26-20-13-11-19(12-14-20)24(29)27-25-16-18-7-6-10-22(15-18)30-21-8-4-3-5-9-21/h3-17H,1-2H3,(H,26,28)(H,27,29). The smallest absolute Gasteiger partial charge is 0.271 e. The summed E-state index contributed by atoms with van der Waals surface area (Å²) >= 11 is 0. The van der Waals surface area contributed by atoms with Crippen molar-refractivity contribution in [3.8, 4) is 11.5 Å². The molecule has 30 heavy (non-hydrogen) atoms. The fourth-order valence-corrected chi connectivity index (χ4v) is 2.50. The summed E-state index contributed by atoms with van der Waals surface area (Å²) in [5.74, 6) is 0.891. The summed E-state index contributed by atoms with van der Waals surface area (Å²) in [5.41, 5.74) is 4.37. The average Bonchev–Trinajstić information content (AvgIpc) is 2.75. The zero-order valence-corrected chi connectivity index (χ0v) is 16.8. The predicted molar refractivity (Wildman–Crippen MR) is 118 cm³/mol. The molecule has 2 N–H and O–H groups in total. The zero-order valence-electron chi connectivity index (χ0n) is 16.8. The van der Waals surface area contributed by atoms with Crippen LogP contribution < -0.4 is 15.5 Å². The molecule has 0 saturated heterocycles. The van der Waals surface area contributed by atoms with Crippen molar-refractivity contribution >= 4 is 23.7 Å². The third-order valence-corrected chi connectivity index (χ3v) is 4.16. The highest BCUT2D eigenvalue weighted by molar-refractivity contribution is 5.96. The van der Waals surface area contributed by atoms with E-state index >= 15 is 0 Å². The first-order valence-corrected chi connectivity index (χ1v) is 9.58. The van der Waals surface area contributed by atoms with Crippen LogP contribution in [0, 0.1) is 5.92 Å². The number of hydrogen-bond acceptors (Lipinski definition) is 4. The maximum absolute atomic E-state index is 12.2. The summed E-state index contributed by atoms with van der Waals surface area (Å²) in [5, 5.41) is 6.79. The molecular formula is C24H23N3O3. The normalized spacial score (nSPS) is 10.8. The number of rotatable bonds is 7. The molecule has 0 bridgehead atoms. The van der Waals surface area contributed by atoms with Gasteiger partial charge in [0.2, 0.25) is 5.91 Å². The van der Waals surface area contributed by atoms with Gasteiger partial charge in [0.1, 0.15) is 11.5 Å². The Kier molecular flexibility index (Phi) is 6.95. The van der Waals surface area contributed by atoms with Crippen LogP contribution in [0.15, 0.2) is 84.0 Å². The van der Waals surface area contributed by atoms with E-state index in [4.69, 9.17) is 4.74 Å². The number of carbonyl (C=O) groups is 2. The zero-order chi connectivity index (χ0) is 21.3. The highest BCUT2D eigenvalue weighted by Crippen LogP contribution is 2.21. The monoisotopic (exact) mass is 401 g/mol. The van der Waals surface area contributed by atoms with Gasteiger partial charge in [0.15, 0.2) is 0 Å². The van der Waals surface area contributed by atoms with Gasteiger partial charge in [-0.15, -0.1) is 0 Å². The Hall–Kier alpha value is -3.93. The van der Waals surface area contributed by atoms with E-state index in [-0.39, 0.29) is 17.7 Å². The molecule has 0 aliphatic rings. The van der Waals surface area contributed by atoms with E-state index in [1.807, 2.05) is 68.4 Å². The summed E-state index contributed by atoms with van der Waals surface area (Å²) in [6.07, 6.45) is 1.55. The number of nitrogens with one attached hydrogen (secondary N) is 2. The minimum atomic E-state index is -0.343. The van der Waals surface area contributed by atoms with Crippen molar-refractivity contribution in [1.29, 1.82) is 0 Å². The number of nitrogens with zero attached hydrogens (tertiary/aromatic N) is 1. The van der Waals surface area contributed by atoms with E-state index in [2.05, 4.69) is 15.8 Å². The van der Waals surface area contributed by atoms with Gasteiger partial charge in [0.05, 0.1) is 6.21 Å². The van der Waals surface area contributed by atoms with Crippen LogP contribution in [0.4, 0.5) is 5.69 Å². The van der Waals surface area contributed by atoms with Crippen LogP contribution in [0.3, 0.4) is 0 Å². The molecule has 3 rings (SSSR count). The number of para-hydroxylation sites is 1. The molecule has 3 aromatic rings. The lowest BCUT2D eigenvalue weighted by molar-refractivity contribution is -0.118. The summed E-state index contributed by atoms with van der Waals surface area (Å²) < 4.78 is 5.79. The van der Waals surface area contributed by atoms with E-state index in [1.54, 1.807) is 30.5 Å². The first-order chi connectivity index (χ1) is 14.5. The van der Waals surface area contributed by atoms with Gasteiger partial charge in [-0.25, -0.2) is 5.43 Å². The van der Waals surface area contributed by atoms with Crippen LogP contribution in [0.2, 0.25) is 0 Å². The molecule has 3 aromatic carbocycles. The fraction of sp³-hybridized carbons (Fsp3) is 0.125. The molecule has 0 aliphatic carbocycles. The van der Waals surface area contributed by atoms with Crippen LogP contribution >= 0.6 is 0 Å². The Balaban J connectivity index is 1.56. The summed E-state index contributed by atoms with van der Waals surface area (Å²) in [6, 6.07) is 23.5. The van der Waals surface area contributed by atoms with Crippen molar-refractivity contribution in [2.75, 3.05) is 5.32 Å². The first kappa shape index (κ1) is 20.8. The third kappa shape index (κ3) is 6.04. The molecule has 0 fully saturated rings. The maximum atomic E-state index is 12.2. The Morgan fingerprint density at radius 2 is 1.60 bits per heavy atom. The van der Waals surface area contributed by atoms with Crippen molar-refractivity contribution in [2.24, 2.45) is 11.0 Å². The predicted octanol–water partition coefficient (Wildman–Crippen LogP) is 4.84. The lowest BCUT2D eigenvalue weighted by Crippen LogP contribution is -2.19. The number of hydrazone groups is 1. The summed E-state index contributed by atoms with van der Waals surface area (Å²) in [4.78, 5) is 24.0. The van der Waals surface area contributed by atoms with Gasteiger partial charge in [-0.3, -0.25) is 9.59 Å². The second kappa shape index (κ2) is 10.0. The molecule has 0 aromatic heterocycles. The maximum Gasteiger partial charge on any atom is 0.271 e. The lowest BCUT2D eigenvalue weighted by atomic mass is 10.1. The van der Waals surface area contributed by atoms with Gasteiger partial charge in [-0.2, -0.15) is 5.10 Å². The molecule has 0 saturated carbocycles. The molecule has 6 nitrogen and oxygen atoms in total. The molecular weight excluding hydrogens is 378 g/mol. The van der Waals surface area contributed by atoms with E-state index in [0.29, 0.717) is 17.0 Å². The minimum absolute atomic E-state index is 0.0738. The number of benzene rings is 3. The van der Waals surface area contributed by atoms with E-state index in [0.717, 1.165) is 11.3 Å². The topological polar surface area (TPSA) is 79.8 Å². The largest absolute Gasteiger partial charge is 0.457 e. The third-order valence-electron chi connectivity index (χ3n) is 4.16. The van der Waals surface area contributed by atoms with Gasteiger partial charge in [-0.1, -0.05) is 44.2 Å². The van der Waals surface area contributed by atoms with E-state index in [9.17, 15) is 9.59 Å². The van der Waals surface area contributed by atoms with Gasteiger partial charge in [0, 0.05) is 17.2 Å². The molecule has 152 valence electrons. The van der Waals surface area contributed by atoms with Crippen LogP contribution in [0.25, 0.3) is 0 Å². The highest BCUT2D eigenvalue weighted by Gasteiger charge is 2.08. The van der Waals surface area contributed by atoms with Crippen LogP contribution in [-0.2, 0) is 4.79 Å². The molecule has 6 heteroatoms. The Morgan fingerprint density at radius 3 is 2.30 bits per heavy atom. The molecule has 0 aliphatic heterocycles. The Labute approximate surface area is 175 Å². The van der Waals surface area contributed by atoms with Gasteiger partial charge in [0.25, 0.3) is 5.91 Å². The lowest BCUT2D eigenvalue weighted by Gasteiger charge is -2.08. The molecule has 0 heterocycles. The SMILES string of the molecule is CC(C)C(=O)Nc1ccc(C(=O)NN=Cc2cccc(Oc3ccccc3)c2)cc1. The number of hydrogen-bond donors (Lipinski definition) is 2. The van der Waals surface area contributed by atoms with Crippen molar-refractivity contribution in [3.63, 3.8) is 0 Å². The second-order valence-corrected chi connectivity index (χ2v) is 6.91. The minimum Gasteiger partial charge on any atom is -0.457 e. The van der Waals surface area contributed by atoms with Crippen LogP contribution in [0.5, 0.6) is 11.5 Å². The van der Waals surface area contributed by atoms with Crippen molar-refractivity contribution in [1.82, 2.24) is 5.43 Å². The number of carbonyl (C=O) groups excluding carboxylic acids is 2. The van der Waals surface area contributed by atoms with Gasteiger partial charge in [-0.05, 0) is 54.1 Å². The van der Waals surface area contributed by atoms with E-state index < -0.39 is 0 Å². The van der Waals surface area contributed by atoms with Crippen LogP contribution in [-0.4, -0.2) is 18.0 Å². The Bertz CT molecular complexity index is 1030. The van der Waals surface area contributed by atoms with Gasteiger partial charge >= 0.3 is 0 Å². The van der Waals surface area contributed by atoms with Crippen molar-refractivity contribution < 1.29 is 14.3 Å². The van der Waals surface area contributed by atoms with E-state index in [1.165, 1.54) is 0 Å². The molecule has 0 atom stereocenters. The number of anilines is 1. The summed E-state index contributed by atoms with van der Waals surface area (Å²) in [6.45, 7) is 3.64. The quantitative estimate of drug-likeness (QED) is 0.439. The Morgan fingerprint density at radius 1 is 0.900 bits per heavy atom. The average molecular weight is 401 g/mol. The van der Waals surface area contributed by atoms with Crippen molar-refractivity contribution in [2.45, 2.75) is 13.8 Å². The first-order valence-electron chi connectivity index (χ1n) is 9.58. The highest BCUT2D eigenvalue weighted by atomic mass is 16.5. The molecule has 0 unspecified atom stereocenters. The van der Waals surface area contributed by atoms with Crippen LogP contribution in [0.1, 0.15) is 29.8 Å². The van der Waals surface area contributed by atoms with Crippen molar-refractivity contribution in [3.05, 3.63) is 90.0 Å². The molecule has 2 amide bonds. The number of amides is 2. The second-order valence-electron chi connectivity index (χ2n) is 6.91. The molecule has 0 radical (unpaired) electrons. The number of ether oxygens (including phenoxy) is 1.